The molecule has 2 aliphatic rings. The Balaban J connectivity index is 1.44. The molecule has 1 fully saturated rings. The Morgan fingerprint density at radius 3 is 1.86 bits per heavy atom. The Labute approximate surface area is 209 Å². The Morgan fingerprint density at radius 1 is 0.686 bits per heavy atom. The average Bonchev–Trinajstić information content (AvgIpc) is 3.46. The molecule has 0 bridgehead atoms. The fourth-order valence-corrected chi connectivity index (χ4v) is 5.97. The lowest BCUT2D eigenvalue weighted by Crippen LogP contribution is -2.26. The summed E-state index contributed by atoms with van der Waals surface area (Å²) in [6.07, 6.45) is 6.26. The van der Waals surface area contributed by atoms with Crippen molar-refractivity contribution in [1.29, 1.82) is 0 Å². The summed E-state index contributed by atoms with van der Waals surface area (Å²) >= 11 is 0. The van der Waals surface area contributed by atoms with Crippen LogP contribution >= 0.6 is 0 Å². The van der Waals surface area contributed by atoms with Crippen molar-refractivity contribution in [2.24, 2.45) is 0 Å². The van der Waals surface area contributed by atoms with Gasteiger partial charge in [0.1, 0.15) is 0 Å². The molecule has 2 atom stereocenters. The summed E-state index contributed by atoms with van der Waals surface area (Å²) in [6, 6.07) is 34.6. The molecule has 0 N–H and O–H groups in total. The highest BCUT2D eigenvalue weighted by Crippen LogP contribution is 2.52. The van der Waals surface area contributed by atoms with Crippen molar-refractivity contribution in [3.63, 3.8) is 0 Å². The van der Waals surface area contributed by atoms with Crippen molar-refractivity contribution >= 4 is 23.0 Å². The molecule has 0 amide bonds. The lowest BCUT2D eigenvalue weighted by molar-refractivity contribution is 0.642. The van der Waals surface area contributed by atoms with Gasteiger partial charge in [0.05, 0.1) is 0 Å². The quantitative estimate of drug-likeness (QED) is 0.278. The van der Waals surface area contributed by atoms with E-state index >= 15 is 0 Å². The number of anilines is 2. The second kappa shape index (κ2) is 8.89. The summed E-state index contributed by atoms with van der Waals surface area (Å²) in [5.41, 5.74) is 13.2. The molecular formula is C34H33N. The van der Waals surface area contributed by atoms with E-state index in [4.69, 9.17) is 0 Å². The van der Waals surface area contributed by atoms with Crippen LogP contribution in [0, 0.1) is 20.8 Å². The summed E-state index contributed by atoms with van der Waals surface area (Å²) in [5, 5.41) is 0. The van der Waals surface area contributed by atoms with Gasteiger partial charge in [-0.3, -0.25) is 0 Å². The minimum Gasteiger partial charge on any atom is -0.338 e. The molecule has 4 aromatic rings. The van der Waals surface area contributed by atoms with Crippen LogP contribution in [0.25, 0.3) is 11.6 Å². The fraction of sp³-hybridized carbons (Fsp3) is 0.235. The number of hydrogen-bond acceptors (Lipinski definition) is 1. The Bertz CT molecular complexity index is 1330. The van der Waals surface area contributed by atoms with E-state index in [1.165, 1.54) is 75.2 Å². The fourth-order valence-electron chi connectivity index (χ4n) is 5.97. The van der Waals surface area contributed by atoms with Crippen molar-refractivity contribution in [2.75, 3.05) is 4.90 Å². The third-order valence-corrected chi connectivity index (χ3v) is 7.87. The van der Waals surface area contributed by atoms with E-state index < -0.39 is 0 Å². The predicted octanol–water partition coefficient (Wildman–Crippen LogP) is 8.99. The number of aryl methyl sites for hydroxylation is 3. The first-order valence-electron chi connectivity index (χ1n) is 12.9. The highest BCUT2D eigenvalue weighted by Gasteiger charge is 2.42. The molecule has 0 saturated heterocycles. The molecular weight excluding hydrogens is 422 g/mol. The van der Waals surface area contributed by atoms with Crippen LogP contribution in [0.2, 0.25) is 0 Å². The molecule has 6 rings (SSSR count). The first-order chi connectivity index (χ1) is 17.1. The molecule has 0 spiro atoms. The van der Waals surface area contributed by atoms with Gasteiger partial charge in [-0.2, -0.15) is 0 Å². The minimum absolute atomic E-state index is 0.584. The SMILES string of the molecule is Cc1ccc(C(=Cc2ccc3c(c2)C2CCCC2N3c2ccc(C)cc2)c2ccc(C)cc2)cc1. The summed E-state index contributed by atoms with van der Waals surface area (Å²) < 4.78 is 0. The zero-order valence-corrected chi connectivity index (χ0v) is 21.0. The zero-order chi connectivity index (χ0) is 23.9. The van der Waals surface area contributed by atoms with Crippen LogP contribution in [0.15, 0.2) is 91.0 Å². The lowest BCUT2D eigenvalue weighted by atomic mass is 9.92. The van der Waals surface area contributed by atoms with Gasteiger partial charge in [0.15, 0.2) is 0 Å². The van der Waals surface area contributed by atoms with Crippen molar-refractivity contribution < 1.29 is 0 Å². The van der Waals surface area contributed by atoms with Crippen LogP contribution < -0.4 is 4.90 Å². The molecule has 174 valence electrons. The smallest absolute Gasteiger partial charge is 0.0450 e. The van der Waals surface area contributed by atoms with E-state index in [1.54, 1.807) is 0 Å². The largest absolute Gasteiger partial charge is 0.338 e. The van der Waals surface area contributed by atoms with Crippen molar-refractivity contribution in [1.82, 2.24) is 0 Å². The third-order valence-electron chi connectivity index (χ3n) is 7.87. The molecule has 0 aromatic heterocycles. The van der Waals surface area contributed by atoms with Gasteiger partial charge in [0, 0.05) is 23.3 Å². The summed E-state index contributed by atoms with van der Waals surface area (Å²) in [6.45, 7) is 6.47. The first-order valence-corrected chi connectivity index (χ1v) is 12.9. The number of nitrogens with zero attached hydrogens (tertiary/aromatic N) is 1. The standard InChI is InChI=1S/C34H33N/c1-23-7-14-27(15-8-23)31(28-16-9-24(2)10-17-28)21-26-13-20-34-32(22-26)30-5-4-6-33(30)35(34)29-18-11-25(3)12-19-29/h7-22,30,33H,4-6H2,1-3H3. The molecule has 1 nitrogen and oxygen atoms in total. The van der Waals surface area contributed by atoms with Gasteiger partial charge in [0.2, 0.25) is 0 Å². The average molecular weight is 456 g/mol. The maximum Gasteiger partial charge on any atom is 0.0450 e. The van der Waals surface area contributed by atoms with Crippen molar-refractivity contribution in [3.05, 3.63) is 130 Å². The zero-order valence-electron chi connectivity index (χ0n) is 21.0. The van der Waals surface area contributed by atoms with E-state index in [0.29, 0.717) is 12.0 Å². The number of hydrogen-bond donors (Lipinski definition) is 0. The number of fused-ring (bicyclic) bond motifs is 3. The van der Waals surface area contributed by atoms with Gasteiger partial charge in [-0.25, -0.2) is 0 Å². The van der Waals surface area contributed by atoms with E-state index in [9.17, 15) is 0 Å². The van der Waals surface area contributed by atoms with Gasteiger partial charge in [-0.15, -0.1) is 0 Å². The van der Waals surface area contributed by atoms with Crippen LogP contribution in [0.1, 0.15) is 64.1 Å². The Hall–Kier alpha value is -3.58. The molecule has 1 aliphatic heterocycles. The molecule has 1 saturated carbocycles. The molecule has 1 aliphatic carbocycles. The van der Waals surface area contributed by atoms with Crippen LogP contribution in [0.5, 0.6) is 0 Å². The summed E-state index contributed by atoms with van der Waals surface area (Å²) in [4.78, 5) is 2.61. The molecule has 0 radical (unpaired) electrons. The molecule has 4 aromatic carbocycles. The number of rotatable bonds is 4. The lowest BCUT2D eigenvalue weighted by Gasteiger charge is -2.27. The molecule has 1 heteroatoms. The highest BCUT2D eigenvalue weighted by atomic mass is 15.2. The Kier molecular flexibility index (Phi) is 5.57. The Morgan fingerprint density at radius 2 is 1.26 bits per heavy atom. The van der Waals surface area contributed by atoms with Gasteiger partial charge < -0.3 is 4.90 Å². The molecule has 35 heavy (non-hydrogen) atoms. The van der Waals surface area contributed by atoms with Crippen molar-refractivity contribution in [3.8, 4) is 0 Å². The first kappa shape index (κ1) is 21.9. The van der Waals surface area contributed by atoms with E-state index in [0.717, 1.165) is 0 Å². The van der Waals surface area contributed by atoms with Crippen LogP contribution in [0.4, 0.5) is 11.4 Å². The normalized spacial score (nSPS) is 18.3. The maximum atomic E-state index is 2.61. The predicted molar refractivity (Wildman–Crippen MR) is 149 cm³/mol. The topological polar surface area (TPSA) is 3.24 Å². The third kappa shape index (κ3) is 4.10. The maximum absolute atomic E-state index is 2.61. The number of benzene rings is 4. The molecule has 1 heterocycles. The van der Waals surface area contributed by atoms with E-state index in [-0.39, 0.29) is 0 Å². The molecule has 2 unspecified atom stereocenters. The second-order valence-electron chi connectivity index (χ2n) is 10.4. The summed E-state index contributed by atoms with van der Waals surface area (Å²) in [7, 11) is 0. The van der Waals surface area contributed by atoms with Gasteiger partial charge in [-0.05, 0) is 91.8 Å². The van der Waals surface area contributed by atoms with Crippen LogP contribution in [-0.4, -0.2) is 6.04 Å². The van der Waals surface area contributed by atoms with Crippen molar-refractivity contribution in [2.45, 2.75) is 52.0 Å². The van der Waals surface area contributed by atoms with Gasteiger partial charge in [-0.1, -0.05) is 89.8 Å². The second-order valence-corrected chi connectivity index (χ2v) is 10.4. The highest BCUT2D eigenvalue weighted by molar-refractivity contribution is 5.92. The van der Waals surface area contributed by atoms with E-state index in [2.05, 4.69) is 123 Å². The van der Waals surface area contributed by atoms with Gasteiger partial charge in [0.25, 0.3) is 0 Å². The van der Waals surface area contributed by atoms with Crippen LogP contribution in [0.3, 0.4) is 0 Å². The van der Waals surface area contributed by atoms with E-state index in [1.807, 2.05) is 0 Å². The minimum atomic E-state index is 0.584. The van der Waals surface area contributed by atoms with Gasteiger partial charge >= 0.3 is 0 Å². The monoisotopic (exact) mass is 455 g/mol. The van der Waals surface area contributed by atoms with Crippen LogP contribution in [-0.2, 0) is 0 Å². The summed E-state index contributed by atoms with van der Waals surface area (Å²) in [5.74, 6) is 0.627.